The standard InChI is InChI=1S/C14H21N5/c1-3-18(14-7-5-4-6-12(14)2)8-9-19-11-13(10-15)16-17-19/h4-7,11H,3,8-10,15H2,1-2H3. The lowest BCUT2D eigenvalue weighted by Crippen LogP contribution is -2.27. The van der Waals surface area contributed by atoms with E-state index in [-0.39, 0.29) is 0 Å². The van der Waals surface area contributed by atoms with Crippen LogP contribution in [0.2, 0.25) is 0 Å². The van der Waals surface area contributed by atoms with E-state index in [2.05, 4.69) is 53.3 Å². The number of aromatic nitrogens is 3. The van der Waals surface area contributed by atoms with Crippen molar-refractivity contribution in [1.82, 2.24) is 15.0 Å². The molecule has 0 unspecified atom stereocenters. The fourth-order valence-corrected chi connectivity index (χ4v) is 2.13. The summed E-state index contributed by atoms with van der Waals surface area (Å²) in [5, 5.41) is 8.07. The highest BCUT2D eigenvalue weighted by Gasteiger charge is 2.07. The summed E-state index contributed by atoms with van der Waals surface area (Å²) in [5.74, 6) is 0. The molecule has 2 N–H and O–H groups in total. The van der Waals surface area contributed by atoms with E-state index in [1.807, 2.05) is 10.9 Å². The molecule has 0 amide bonds. The van der Waals surface area contributed by atoms with E-state index < -0.39 is 0 Å². The summed E-state index contributed by atoms with van der Waals surface area (Å²) in [6.45, 7) is 7.45. The molecule has 0 spiro atoms. The minimum Gasteiger partial charge on any atom is -0.370 e. The van der Waals surface area contributed by atoms with Crippen molar-refractivity contribution in [3.8, 4) is 0 Å². The largest absolute Gasteiger partial charge is 0.370 e. The third-order valence-corrected chi connectivity index (χ3v) is 3.23. The van der Waals surface area contributed by atoms with Gasteiger partial charge in [-0.3, -0.25) is 4.68 Å². The van der Waals surface area contributed by atoms with Gasteiger partial charge in [0.15, 0.2) is 0 Å². The SMILES string of the molecule is CCN(CCn1cc(CN)nn1)c1ccccc1C. The molecule has 1 aromatic heterocycles. The van der Waals surface area contributed by atoms with Crippen LogP contribution in [0.15, 0.2) is 30.5 Å². The molecule has 2 aromatic rings. The third-order valence-electron chi connectivity index (χ3n) is 3.23. The fourth-order valence-electron chi connectivity index (χ4n) is 2.13. The van der Waals surface area contributed by atoms with Crippen molar-refractivity contribution in [3.05, 3.63) is 41.7 Å². The summed E-state index contributed by atoms with van der Waals surface area (Å²) in [5.41, 5.74) is 8.94. The molecule has 0 fully saturated rings. The van der Waals surface area contributed by atoms with Crippen molar-refractivity contribution in [2.45, 2.75) is 26.9 Å². The molecule has 0 aliphatic rings. The normalized spacial score (nSPS) is 10.7. The Kier molecular flexibility index (Phi) is 4.52. The summed E-state index contributed by atoms with van der Waals surface area (Å²) in [6, 6.07) is 8.44. The molecule has 0 saturated carbocycles. The molecule has 5 heteroatoms. The highest BCUT2D eigenvalue weighted by atomic mass is 15.4. The number of nitrogens with zero attached hydrogens (tertiary/aromatic N) is 4. The second-order valence-corrected chi connectivity index (χ2v) is 4.54. The van der Waals surface area contributed by atoms with Crippen LogP contribution < -0.4 is 10.6 Å². The quantitative estimate of drug-likeness (QED) is 0.855. The van der Waals surface area contributed by atoms with E-state index in [1.165, 1.54) is 11.3 Å². The van der Waals surface area contributed by atoms with Gasteiger partial charge in [0.05, 0.1) is 12.2 Å². The predicted molar refractivity (Wildman–Crippen MR) is 77.0 cm³/mol. The van der Waals surface area contributed by atoms with Crippen LogP contribution in [0.1, 0.15) is 18.2 Å². The monoisotopic (exact) mass is 259 g/mol. The number of aryl methyl sites for hydroxylation is 1. The fraction of sp³-hybridized carbons (Fsp3) is 0.429. The Bertz CT molecular complexity index is 520. The van der Waals surface area contributed by atoms with E-state index in [0.29, 0.717) is 6.54 Å². The van der Waals surface area contributed by atoms with Crippen molar-refractivity contribution < 1.29 is 0 Å². The molecule has 1 heterocycles. The molecule has 0 aliphatic carbocycles. The number of para-hydroxylation sites is 1. The van der Waals surface area contributed by atoms with Gasteiger partial charge < -0.3 is 10.6 Å². The van der Waals surface area contributed by atoms with E-state index in [4.69, 9.17) is 5.73 Å². The summed E-state index contributed by atoms with van der Waals surface area (Å²) in [7, 11) is 0. The first kappa shape index (κ1) is 13.5. The van der Waals surface area contributed by atoms with Gasteiger partial charge >= 0.3 is 0 Å². The van der Waals surface area contributed by atoms with Gasteiger partial charge in [0.2, 0.25) is 0 Å². The first-order chi connectivity index (χ1) is 9.24. The van der Waals surface area contributed by atoms with Gasteiger partial charge in [-0.25, -0.2) is 0 Å². The lowest BCUT2D eigenvalue weighted by Gasteiger charge is -2.24. The molecule has 0 aliphatic heterocycles. The van der Waals surface area contributed by atoms with Gasteiger partial charge in [0.1, 0.15) is 0 Å². The van der Waals surface area contributed by atoms with Gasteiger partial charge in [-0.1, -0.05) is 23.4 Å². The number of hydrogen-bond acceptors (Lipinski definition) is 4. The summed E-state index contributed by atoms with van der Waals surface area (Å²) >= 11 is 0. The maximum Gasteiger partial charge on any atom is 0.0962 e. The summed E-state index contributed by atoms with van der Waals surface area (Å²) < 4.78 is 1.85. The van der Waals surface area contributed by atoms with Crippen LogP contribution in [0.25, 0.3) is 0 Å². The molecular weight excluding hydrogens is 238 g/mol. The Balaban J connectivity index is 2.02. The third kappa shape index (κ3) is 3.32. The lowest BCUT2D eigenvalue weighted by molar-refractivity contribution is 0.578. The van der Waals surface area contributed by atoms with Gasteiger partial charge in [-0.2, -0.15) is 0 Å². The predicted octanol–water partition coefficient (Wildman–Crippen LogP) is 1.57. The van der Waals surface area contributed by atoms with Crippen LogP contribution >= 0.6 is 0 Å². The Labute approximate surface area is 114 Å². The smallest absolute Gasteiger partial charge is 0.0962 e. The van der Waals surface area contributed by atoms with Gasteiger partial charge in [-0.15, -0.1) is 5.10 Å². The molecule has 1 aromatic carbocycles. The highest BCUT2D eigenvalue weighted by molar-refractivity contribution is 5.52. The maximum absolute atomic E-state index is 5.53. The Hall–Kier alpha value is -1.88. The minimum absolute atomic E-state index is 0.440. The van der Waals surface area contributed by atoms with Gasteiger partial charge in [0, 0.05) is 31.5 Å². The second kappa shape index (κ2) is 6.33. The van der Waals surface area contributed by atoms with E-state index >= 15 is 0 Å². The number of rotatable bonds is 6. The van der Waals surface area contributed by atoms with Crippen LogP contribution in [0.4, 0.5) is 5.69 Å². The van der Waals surface area contributed by atoms with E-state index in [9.17, 15) is 0 Å². The molecule has 19 heavy (non-hydrogen) atoms. The number of nitrogens with two attached hydrogens (primary N) is 1. The van der Waals surface area contributed by atoms with Gasteiger partial charge in [0.25, 0.3) is 0 Å². The van der Waals surface area contributed by atoms with Crippen LogP contribution in [0.3, 0.4) is 0 Å². The molecular formula is C14H21N5. The molecule has 0 saturated heterocycles. The van der Waals surface area contributed by atoms with E-state index in [1.54, 1.807) is 0 Å². The molecule has 0 radical (unpaired) electrons. The number of benzene rings is 1. The van der Waals surface area contributed by atoms with Crippen molar-refractivity contribution >= 4 is 5.69 Å². The molecule has 2 rings (SSSR count). The summed E-state index contributed by atoms with van der Waals surface area (Å²) in [6.07, 6.45) is 1.91. The van der Waals surface area contributed by atoms with Crippen molar-refractivity contribution in [1.29, 1.82) is 0 Å². The number of likely N-dealkylation sites (N-methyl/N-ethyl adjacent to an activating group) is 1. The molecule has 5 nitrogen and oxygen atoms in total. The van der Waals surface area contributed by atoms with Crippen molar-refractivity contribution in [2.75, 3.05) is 18.0 Å². The maximum atomic E-state index is 5.53. The average Bonchev–Trinajstić information content (AvgIpc) is 2.89. The molecule has 102 valence electrons. The van der Waals surface area contributed by atoms with Gasteiger partial charge in [-0.05, 0) is 25.5 Å². The summed E-state index contributed by atoms with van der Waals surface area (Å²) in [4.78, 5) is 2.35. The Morgan fingerprint density at radius 1 is 1.32 bits per heavy atom. The topological polar surface area (TPSA) is 60.0 Å². The molecule has 0 bridgehead atoms. The zero-order valence-corrected chi connectivity index (χ0v) is 11.6. The van der Waals surface area contributed by atoms with Crippen LogP contribution in [-0.2, 0) is 13.1 Å². The first-order valence-electron chi connectivity index (χ1n) is 6.64. The molecule has 0 atom stereocenters. The minimum atomic E-state index is 0.440. The van der Waals surface area contributed by atoms with E-state index in [0.717, 1.165) is 25.3 Å². The Morgan fingerprint density at radius 3 is 2.74 bits per heavy atom. The zero-order valence-electron chi connectivity index (χ0n) is 11.6. The van der Waals surface area contributed by atoms with Crippen LogP contribution in [0, 0.1) is 6.92 Å². The Morgan fingerprint density at radius 2 is 2.11 bits per heavy atom. The number of hydrogen-bond donors (Lipinski definition) is 1. The van der Waals surface area contributed by atoms with Crippen molar-refractivity contribution in [2.24, 2.45) is 5.73 Å². The van der Waals surface area contributed by atoms with Crippen LogP contribution in [-0.4, -0.2) is 28.1 Å². The second-order valence-electron chi connectivity index (χ2n) is 4.54. The first-order valence-corrected chi connectivity index (χ1v) is 6.64. The average molecular weight is 259 g/mol. The van der Waals surface area contributed by atoms with Crippen LogP contribution in [0.5, 0.6) is 0 Å². The number of anilines is 1. The highest BCUT2D eigenvalue weighted by Crippen LogP contribution is 2.18. The lowest BCUT2D eigenvalue weighted by atomic mass is 10.2. The van der Waals surface area contributed by atoms with Crippen molar-refractivity contribution in [3.63, 3.8) is 0 Å². The zero-order chi connectivity index (χ0) is 13.7.